The molecule has 0 aliphatic carbocycles. The average Bonchev–Trinajstić information content (AvgIpc) is 2.79. The molecule has 0 spiro atoms. The molecule has 0 heterocycles. The van der Waals surface area contributed by atoms with Gasteiger partial charge in [0.25, 0.3) is 0 Å². The van der Waals surface area contributed by atoms with Gasteiger partial charge in [-0.2, -0.15) is 0 Å². The number of benzene rings is 3. The maximum absolute atomic E-state index is 12.7. The number of ether oxygens (including phenoxy) is 4. The summed E-state index contributed by atoms with van der Waals surface area (Å²) in [7, 11) is 0. The normalized spacial score (nSPS) is 10.2. The maximum Gasteiger partial charge on any atom is 0.347 e. The molecule has 32 heavy (non-hydrogen) atoms. The van der Waals surface area contributed by atoms with Crippen molar-refractivity contribution in [3.8, 4) is 17.2 Å². The Kier molecular flexibility index (Phi) is 7.59. The van der Waals surface area contributed by atoms with Gasteiger partial charge in [-0.15, -0.1) is 0 Å². The lowest BCUT2D eigenvalue weighted by molar-refractivity contribution is -0.131. The fourth-order valence-corrected chi connectivity index (χ4v) is 2.88. The lowest BCUT2D eigenvalue weighted by Crippen LogP contribution is -2.14. The van der Waals surface area contributed by atoms with E-state index in [9.17, 15) is 14.4 Å². The van der Waals surface area contributed by atoms with E-state index in [1.54, 1.807) is 67.6 Å². The summed E-state index contributed by atoms with van der Waals surface area (Å²) >= 11 is 0. The van der Waals surface area contributed by atoms with Crippen LogP contribution in [0.4, 0.5) is 0 Å². The Bertz CT molecular complexity index is 1120. The van der Waals surface area contributed by atoms with Crippen LogP contribution in [0.25, 0.3) is 0 Å². The first kappa shape index (κ1) is 22.6. The molecule has 0 atom stereocenters. The van der Waals surface area contributed by atoms with E-state index < -0.39 is 17.9 Å². The number of para-hydroxylation sites is 3. The van der Waals surface area contributed by atoms with E-state index in [1.165, 1.54) is 19.1 Å². The number of esters is 3. The number of carbonyl (C=O) groups excluding carboxylic acids is 3. The Morgan fingerprint density at radius 3 is 1.91 bits per heavy atom. The van der Waals surface area contributed by atoms with Crippen LogP contribution in [0.5, 0.6) is 17.2 Å². The highest BCUT2D eigenvalue weighted by atomic mass is 16.6. The minimum absolute atomic E-state index is 0.0471. The molecule has 0 fully saturated rings. The summed E-state index contributed by atoms with van der Waals surface area (Å²) in [4.78, 5) is 36.2. The molecule has 0 saturated carbocycles. The first-order valence-electron chi connectivity index (χ1n) is 9.96. The second kappa shape index (κ2) is 10.8. The van der Waals surface area contributed by atoms with Crippen molar-refractivity contribution in [3.05, 3.63) is 89.5 Å². The molecule has 0 saturated heterocycles. The van der Waals surface area contributed by atoms with E-state index >= 15 is 0 Å². The molecule has 0 bridgehead atoms. The van der Waals surface area contributed by atoms with Gasteiger partial charge in [0.15, 0.2) is 0 Å². The van der Waals surface area contributed by atoms with Gasteiger partial charge in [0.05, 0.1) is 6.61 Å². The molecule has 0 aromatic heterocycles. The molecule has 0 aliphatic rings. The second-order valence-electron chi connectivity index (χ2n) is 6.59. The van der Waals surface area contributed by atoms with Gasteiger partial charge in [-0.3, -0.25) is 4.79 Å². The number of hydrogen-bond acceptors (Lipinski definition) is 7. The minimum Gasteiger partial charge on any atom is -0.488 e. The third-order valence-corrected chi connectivity index (χ3v) is 4.30. The summed E-state index contributed by atoms with van der Waals surface area (Å²) < 4.78 is 21.5. The third-order valence-electron chi connectivity index (χ3n) is 4.30. The predicted octanol–water partition coefficient (Wildman–Crippen LogP) is 4.59. The Morgan fingerprint density at radius 2 is 1.25 bits per heavy atom. The molecule has 0 amide bonds. The Hall–Kier alpha value is -4.13. The van der Waals surface area contributed by atoms with Gasteiger partial charge in [-0.1, -0.05) is 42.5 Å². The van der Waals surface area contributed by atoms with Gasteiger partial charge in [-0.25, -0.2) is 9.59 Å². The van der Waals surface area contributed by atoms with Crippen LogP contribution in [-0.2, 0) is 16.1 Å². The van der Waals surface area contributed by atoms with Crippen LogP contribution in [0.2, 0.25) is 0 Å². The molecule has 7 nitrogen and oxygen atoms in total. The van der Waals surface area contributed by atoms with Gasteiger partial charge in [-0.05, 0) is 37.3 Å². The van der Waals surface area contributed by atoms with Crippen molar-refractivity contribution in [2.75, 3.05) is 6.61 Å². The standard InChI is InChI=1S/C25H22O7/c1-3-29-24(27)19-11-5-8-14-22(19)30-16-18-10-4-7-13-21(18)32-25(28)20-12-6-9-15-23(20)31-17(2)26/h4-15H,3,16H2,1-2H3. The SMILES string of the molecule is CCOC(=O)c1ccccc1OCc1ccccc1OC(=O)c1ccccc1OC(C)=O. The maximum atomic E-state index is 12.7. The highest BCUT2D eigenvalue weighted by molar-refractivity contribution is 5.95. The molecule has 0 N–H and O–H groups in total. The van der Waals surface area contributed by atoms with E-state index in [0.717, 1.165) is 0 Å². The molecule has 0 aliphatic heterocycles. The smallest absolute Gasteiger partial charge is 0.347 e. The average molecular weight is 434 g/mol. The molecule has 3 rings (SSSR count). The Morgan fingerprint density at radius 1 is 0.688 bits per heavy atom. The van der Waals surface area contributed by atoms with Crippen molar-refractivity contribution in [2.24, 2.45) is 0 Å². The van der Waals surface area contributed by atoms with Crippen LogP contribution in [0.15, 0.2) is 72.8 Å². The zero-order valence-electron chi connectivity index (χ0n) is 17.7. The van der Waals surface area contributed by atoms with Crippen LogP contribution in [0.1, 0.15) is 40.1 Å². The van der Waals surface area contributed by atoms with Crippen molar-refractivity contribution < 1.29 is 33.3 Å². The molecular weight excluding hydrogens is 412 g/mol. The van der Waals surface area contributed by atoms with Gasteiger partial charge < -0.3 is 18.9 Å². The van der Waals surface area contributed by atoms with E-state index in [4.69, 9.17) is 18.9 Å². The summed E-state index contributed by atoms with van der Waals surface area (Å²) in [6.45, 7) is 3.28. The topological polar surface area (TPSA) is 88.1 Å². The van der Waals surface area contributed by atoms with Crippen LogP contribution in [0.3, 0.4) is 0 Å². The zero-order valence-corrected chi connectivity index (χ0v) is 17.7. The number of hydrogen-bond donors (Lipinski definition) is 0. The van der Waals surface area contributed by atoms with Crippen LogP contribution in [0, 0.1) is 0 Å². The summed E-state index contributed by atoms with van der Waals surface area (Å²) in [5.74, 6) is -0.955. The van der Waals surface area contributed by atoms with E-state index in [-0.39, 0.29) is 30.3 Å². The van der Waals surface area contributed by atoms with Crippen molar-refractivity contribution >= 4 is 17.9 Å². The van der Waals surface area contributed by atoms with Crippen molar-refractivity contribution in [3.63, 3.8) is 0 Å². The first-order chi connectivity index (χ1) is 15.5. The summed E-state index contributed by atoms with van der Waals surface area (Å²) in [6, 6.07) is 19.9. The summed E-state index contributed by atoms with van der Waals surface area (Å²) in [5, 5.41) is 0. The van der Waals surface area contributed by atoms with Crippen LogP contribution in [-0.4, -0.2) is 24.5 Å². The third kappa shape index (κ3) is 5.72. The van der Waals surface area contributed by atoms with Crippen molar-refractivity contribution in [1.29, 1.82) is 0 Å². The highest BCUT2D eigenvalue weighted by Crippen LogP contribution is 2.26. The predicted molar refractivity (Wildman–Crippen MR) is 116 cm³/mol. The monoisotopic (exact) mass is 434 g/mol. The number of carbonyl (C=O) groups is 3. The van der Waals surface area contributed by atoms with E-state index in [2.05, 4.69) is 0 Å². The van der Waals surface area contributed by atoms with Gasteiger partial charge >= 0.3 is 17.9 Å². The van der Waals surface area contributed by atoms with Crippen LogP contribution >= 0.6 is 0 Å². The summed E-state index contributed by atoms with van der Waals surface area (Å²) in [5.41, 5.74) is 1.01. The molecule has 0 radical (unpaired) electrons. The zero-order chi connectivity index (χ0) is 22.9. The molecular formula is C25H22O7. The number of rotatable bonds is 8. The van der Waals surface area contributed by atoms with Gasteiger partial charge in [0.1, 0.15) is 35.0 Å². The molecule has 3 aromatic carbocycles. The van der Waals surface area contributed by atoms with Crippen molar-refractivity contribution in [2.45, 2.75) is 20.5 Å². The molecule has 3 aromatic rings. The van der Waals surface area contributed by atoms with E-state index in [0.29, 0.717) is 16.9 Å². The quantitative estimate of drug-likeness (QED) is 0.379. The highest BCUT2D eigenvalue weighted by Gasteiger charge is 2.18. The molecule has 7 heteroatoms. The fraction of sp³-hybridized carbons (Fsp3) is 0.160. The van der Waals surface area contributed by atoms with Gasteiger partial charge in [0, 0.05) is 12.5 Å². The molecule has 0 unspecified atom stereocenters. The fourth-order valence-electron chi connectivity index (χ4n) is 2.88. The lowest BCUT2D eigenvalue weighted by Gasteiger charge is -2.14. The second-order valence-corrected chi connectivity index (χ2v) is 6.59. The lowest BCUT2D eigenvalue weighted by atomic mass is 10.2. The summed E-state index contributed by atoms with van der Waals surface area (Å²) in [6.07, 6.45) is 0. The van der Waals surface area contributed by atoms with Crippen LogP contribution < -0.4 is 14.2 Å². The Labute approximate surface area is 185 Å². The first-order valence-corrected chi connectivity index (χ1v) is 9.96. The largest absolute Gasteiger partial charge is 0.488 e. The van der Waals surface area contributed by atoms with Crippen molar-refractivity contribution in [1.82, 2.24) is 0 Å². The Balaban J connectivity index is 1.78. The minimum atomic E-state index is -0.679. The van der Waals surface area contributed by atoms with Gasteiger partial charge in [0.2, 0.25) is 0 Å². The molecule has 164 valence electrons. The van der Waals surface area contributed by atoms with E-state index in [1.807, 2.05) is 0 Å².